The first kappa shape index (κ1) is 23.2. The molecule has 2 aromatic rings. The lowest BCUT2D eigenvalue weighted by atomic mass is 10.1. The van der Waals surface area contributed by atoms with E-state index in [1.807, 2.05) is 0 Å². The highest BCUT2D eigenvalue weighted by atomic mass is 32.2. The van der Waals surface area contributed by atoms with Crippen LogP contribution in [0.5, 0.6) is 0 Å². The Kier molecular flexibility index (Phi) is 8.18. The smallest absolute Gasteiger partial charge is 0.345 e. The van der Waals surface area contributed by atoms with E-state index in [-0.39, 0.29) is 16.4 Å². The van der Waals surface area contributed by atoms with Crippen molar-refractivity contribution in [3.63, 3.8) is 0 Å². The normalized spacial score (nSPS) is 12.1. The molecule has 0 saturated carbocycles. The van der Waals surface area contributed by atoms with Crippen LogP contribution in [0.1, 0.15) is 27.1 Å². The lowest BCUT2D eigenvalue weighted by Gasteiger charge is -2.13. The summed E-state index contributed by atoms with van der Waals surface area (Å²) in [6.07, 6.45) is -1.85. The zero-order valence-electron chi connectivity index (χ0n) is 15.9. The van der Waals surface area contributed by atoms with Gasteiger partial charge in [-0.3, -0.25) is 9.59 Å². The van der Waals surface area contributed by atoms with Gasteiger partial charge in [0.15, 0.2) is 0 Å². The van der Waals surface area contributed by atoms with Crippen molar-refractivity contribution < 1.29 is 27.5 Å². The molecule has 0 bridgehead atoms. The molecule has 0 aliphatic heterocycles. The van der Waals surface area contributed by atoms with E-state index in [0.29, 0.717) is 18.7 Å². The molecule has 0 aliphatic carbocycles. The second-order valence-corrected chi connectivity index (χ2v) is 7.84. The third kappa shape index (κ3) is 6.74. The Morgan fingerprint density at radius 1 is 0.967 bits per heavy atom. The molecule has 0 heterocycles. The Hall–Kier alpha value is -3.12. The summed E-state index contributed by atoms with van der Waals surface area (Å²) in [5.41, 5.74) is 11.3. The lowest BCUT2D eigenvalue weighted by Crippen LogP contribution is -2.43. The van der Waals surface area contributed by atoms with Gasteiger partial charge in [-0.15, -0.1) is 0 Å². The molecule has 0 aliphatic rings. The lowest BCUT2D eigenvalue weighted by molar-refractivity contribution is -0.138. The van der Waals surface area contributed by atoms with E-state index in [1.165, 1.54) is 36.4 Å². The van der Waals surface area contributed by atoms with Crippen molar-refractivity contribution in [3.8, 4) is 0 Å². The molecule has 1 amide bonds. The topological polar surface area (TPSA) is 171 Å². The maximum Gasteiger partial charge on any atom is 0.345 e. The van der Waals surface area contributed by atoms with Crippen LogP contribution in [-0.2, 0) is 19.6 Å². The number of amides is 1. The highest BCUT2D eigenvalue weighted by molar-refractivity contribution is 7.89. The summed E-state index contributed by atoms with van der Waals surface area (Å²) in [5, 5.41) is 2.58. The largest absolute Gasteiger partial charge is 0.389 e. The summed E-state index contributed by atoms with van der Waals surface area (Å²) in [7, 11) is -3.92. The average Bonchev–Trinajstić information content (AvgIpc) is 2.72. The molecule has 0 saturated heterocycles. The van der Waals surface area contributed by atoms with Crippen molar-refractivity contribution in [2.45, 2.75) is 17.5 Å². The van der Waals surface area contributed by atoms with Gasteiger partial charge in [-0.25, -0.2) is 13.2 Å². The van der Waals surface area contributed by atoms with Gasteiger partial charge in [0, 0.05) is 18.7 Å². The fourth-order valence-electron chi connectivity index (χ4n) is 2.34. The molecule has 0 spiro atoms. The Morgan fingerprint density at radius 2 is 1.57 bits per heavy atom. The van der Waals surface area contributed by atoms with Crippen molar-refractivity contribution in [2.75, 3.05) is 13.1 Å². The van der Waals surface area contributed by atoms with Crippen molar-refractivity contribution in [1.29, 1.82) is 0 Å². The van der Waals surface area contributed by atoms with E-state index in [0.717, 1.165) is 0 Å². The highest BCUT2D eigenvalue weighted by Gasteiger charge is 2.21. The number of sulfonamides is 1. The van der Waals surface area contributed by atoms with E-state index < -0.39 is 34.5 Å². The molecule has 0 aromatic heterocycles. The van der Waals surface area contributed by atoms with E-state index >= 15 is 0 Å². The van der Waals surface area contributed by atoms with Crippen LogP contribution in [0.2, 0.25) is 0 Å². The zero-order valence-corrected chi connectivity index (χ0v) is 16.7. The maximum absolute atomic E-state index is 12.2. The predicted octanol–water partition coefficient (Wildman–Crippen LogP) is -0.288. The molecular weight excluding hydrogens is 412 g/mol. The minimum Gasteiger partial charge on any atom is -0.389 e. The van der Waals surface area contributed by atoms with Gasteiger partial charge in [0.1, 0.15) is 0 Å². The molecule has 10 nitrogen and oxygen atoms in total. The quantitative estimate of drug-likeness (QED) is 0.237. The summed E-state index contributed by atoms with van der Waals surface area (Å²) in [5.74, 6) is -2.31. The van der Waals surface area contributed by atoms with Gasteiger partial charge >= 0.3 is 11.9 Å². The first-order valence-electron chi connectivity index (χ1n) is 8.89. The van der Waals surface area contributed by atoms with Crippen LogP contribution in [0.3, 0.4) is 0 Å². The van der Waals surface area contributed by atoms with Gasteiger partial charge in [-0.05, 0) is 36.4 Å². The van der Waals surface area contributed by atoms with Crippen LogP contribution >= 0.6 is 0 Å². The fourth-order valence-corrected chi connectivity index (χ4v) is 3.47. The number of carbonyl (C=O) groups excluding carboxylic acids is 3. The van der Waals surface area contributed by atoms with E-state index in [4.69, 9.17) is 11.5 Å². The van der Waals surface area contributed by atoms with Gasteiger partial charge in [0.2, 0.25) is 10.0 Å². The number of hydrogen-bond acceptors (Lipinski definition) is 8. The second kappa shape index (κ2) is 10.6. The number of nitrogens with one attached hydrogen (secondary N) is 2. The fraction of sp³-hybridized carbons (Fsp3) is 0.211. The van der Waals surface area contributed by atoms with Crippen LogP contribution in [0, 0.1) is 0 Å². The third-order valence-corrected chi connectivity index (χ3v) is 5.27. The number of benzene rings is 2. The molecule has 6 N–H and O–H groups in total. The molecule has 160 valence electrons. The van der Waals surface area contributed by atoms with Crippen molar-refractivity contribution >= 4 is 27.9 Å². The first-order chi connectivity index (χ1) is 14.2. The molecule has 0 radical (unpaired) electrons. The van der Waals surface area contributed by atoms with E-state index in [9.17, 15) is 22.8 Å². The standard InChI is InChI=1S/C19H22N4O6S/c20-10-11-22-18(25)13-6-8-14(9-7-13)19(26)29-17(24)12-16(21)23-30(27,28)15-4-2-1-3-5-15/h1-9,16,23H,10-12,20-21H2,(H,22,25)/t16-/m0/s1. The minimum atomic E-state index is -3.92. The van der Waals surface area contributed by atoms with Crippen LogP contribution < -0.4 is 21.5 Å². The number of rotatable bonds is 9. The Balaban J connectivity index is 1.89. The van der Waals surface area contributed by atoms with Crippen molar-refractivity contribution in [2.24, 2.45) is 11.5 Å². The number of carbonyl (C=O) groups is 3. The monoisotopic (exact) mass is 434 g/mol. The first-order valence-corrected chi connectivity index (χ1v) is 10.4. The molecule has 2 aromatic carbocycles. The molecule has 11 heteroatoms. The molecule has 1 atom stereocenters. The summed E-state index contributed by atoms with van der Waals surface area (Å²) < 4.78 is 31.2. The van der Waals surface area contributed by atoms with Crippen LogP contribution in [0.15, 0.2) is 59.5 Å². The summed E-state index contributed by atoms with van der Waals surface area (Å²) >= 11 is 0. The van der Waals surface area contributed by atoms with Crippen LogP contribution in [-0.4, -0.2) is 45.5 Å². The molecule has 0 unspecified atom stereocenters. The second-order valence-electron chi connectivity index (χ2n) is 6.13. The van der Waals surface area contributed by atoms with E-state index in [2.05, 4.69) is 14.8 Å². The van der Waals surface area contributed by atoms with Gasteiger partial charge in [-0.1, -0.05) is 18.2 Å². The van der Waals surface area contributed by atoms with Gasteiger partial charge < -0.3 is 21.5 Å². The predicted molar refractivity (Wildman–Crippen MR) is 108 cm³/mol. The summed E-state index contributed by atoms with van der Waals surface area (Å²) in [6.45, 7) is 0.604. The average molecular weight is 434 g/mol. The maximum atomic E-state index is 12.2. The highest BCUT2D eigenvalue weighted by Crippen LogP contribution is 2.09. The van der Waals surface area contributed by atoms with Crippen molar-refractivity contribution in [1.82, 2.24) is 10.0 Å². The van der Waals surface area contributed by atoms with E-state index in [1.54, 1.807) is 18.2 Å². The Bertz CT molecular complexity index is 993. The Labute approximate surface area is 173 Å². The van der Waals surface area contributed by atoms with Crippen LogP contribution in [0.25, 0.3) is 0 Å². The number of ether oxygens (including phenoxy) is 1. The molecular formula is C19H22N4O6S. The number of esters is 2. The summed E-state index contributed by atoms with van der Waals surface area (Å²) in [6, 6.07) is 12.9. The van der Waals surface area contributed by atoms with Gasteiger partial charge in [0.05, 0.1) is 23.0 Å². The third-order valence-electron chi connectivity index (χ3n) is 3.77. The van der Waals surface area contributed by atoms with Gasteiger partial charge in [0.25, 0.3) is 5.91 Å². The molecule has 2 rings (SSSR count). The van der Waals surface area contributed by atoms with Crippen LogP contribution in [0.4, 0.5) is 0 Å². The molecule has 0 fully saturated rings. The summed E-state index contributed by atoms with van der Waals surface area (Å²) in [4.78, 5) is 35.8. The SMILES string of the molecule is NCCNC(=O)c1ccc(C(=O)OC(=O)C[C@@H](N)NS(=O)(=O)c2ccccc2)cc1. The van der Waals surface area contributed by atoms with Crippen molar-refractivity contribution in [3.05, 3.63) is 65.7 Å². The minimum absolute atomic E-state index is 0.0134. The molecule has 30 heavy (non-hydrogen) atoms. The zero-order chi connectivity index (χ0) is 22.1. The number of hydrogen-bond donors (Lipinski definition) is 4. The Morgan fingerprint density at radius 3 is 2.17 bits per heavy atom. The number of nitrogens with two attached hydrogens (primary N) is 2. The van der Waals surface area contributed by atoms with Gasteiger partial charge in [-0.2, -0.15) is 4.72 Å².